The van der Waals surface area contributed by atoms with Gasteiger partial charge in [0, 0.05) is 13.1 Å². The van der Waals surface area contributed by atoms with Crippen LogP contribution in [0.1, 0.15) is 27.2 Å². The molecule has 112 valence electrons. The van der Waals surface area contributed by atoms with Crippen LogP contribution in [0.25, 0.3) is 0 Å². The standard InChI is InChI=1S/C10H20N2O6S/c1-5-12(7-6-9(13)17-4)19(15,16)11-10(14)18-8(2)3/h8H,5-7H2,1-4H3,(H,11,14). The summed E-state index contributed by atoms with van der Waals surface area (Å²) in [5, 5.41) is 0. The Balaban J connectivity index is 4.57. The summed E-state index contributed by atoms with van der Waals surface area (Å²) in [6.07, 6.45) is -1.57. The van der Waals surface area contributed by atoms with E-state index in [1.807, 2.05) is 0 Å². The molecule has 0 bridgehead atoms. The third-order valence-electron chi connectivity index (χ3n) is 2.04. The normalized spacial score (nSPS) is 11.5. The molecule has 0 aromatic carbocycles. The Morgan fingerprint density at radius 1 is 1.32 bits per heavy atom. The molecule has 0 heterocycles. The minimum atomic E-state index is -4.02. The molecule has 8 nitrogen and oxygen atoms in total. The Bertz CT molecular complexity index is 406. The van der Waals surface area contributed by atoms with Crippen LogP contribution in [0.4, 0.5) is 4.79 Å². The highest BCUT2D eigenvalue weighted by Crippen LogP contribution is 2.01. The molecule has 0 aliphatic rings. The number of methoxy groups -OCH3 is 1. The second-order valence-corrected chi connectivity index (χ2v) is 5.55. The highest BCUT2D eigenvalue weighted by molar-refractivity contribution is 7.87. The molecular weight excluding hydrogens is 276 g/mol. The van der Waals surface area contributed by atoms with E-state index in [2.05, 4.69) is 9.47 Å². The minimum Gasteiger partial charge on any atom is -0.469 e. The van der Waals surface area contributed by atoms with Gasteiger partial charge in [-0.05, 0) is 13.8 Å². The van der Waals surface area contributed by atoms with Crippen molar-refractivity contribution in [3.05, 3.63) is 0 Å². The van der Waals surface area contributed by atoms with Gasteiger partial charge < -0.3 is 9.47 Å². The molecule has 9 heteroatoms. The molecule has 1 N–H and O–H groups in total. The SMILES string of the molecule is CCN(CCC(=O)OC)S(=O)(=O)NC(=O)OC(C)C. The van der Waals surface area contributed by atoms with Crippen LogP contribution < -0.4 is 4.72 Å². The lowest BCUT2D eigenvalue weighted by Gasteiger charge is -2.20. The Hall–Kier alpha value is -1.35. The molecule has 0 rings (SSSR count). The molecule has 0 fully saturated rings. The van der Waals surface area contributed by atoms with Crippen LogP contribution in [0.15, 0.2) is 0 Å². The average molecular weight is 296 g/mol. The maximum Gasteiger partial charge on any atom is 0.422 e. The maximum atomic E-state index is 11.8. The summed E-state index contributed by atoms with van der Waals surface area (Å²) in [4.78, 5) is 22.2. The number of amides is 1. The van der Waals surface area contributed by atoms with E-state index < -0.39 is 28.4 Å². The first-order chi connectivity index (χ1) is 8.72. The number of rotatable bonds is 7. The van der Waals surface area contributed by atoms with Crippen LogP contribution in [0.2, 0.25) is 0 Å². The first-order valence-corrected chi connectivity index (χ1v) is 7.22. The molecule has 0 unspecified atom stereocenters. The van der Waals surface area contributed by atoms with Crippen molar-refractivity contribution in [2.45, 2.75) is 33.3 Å². The Morgan fingerprint density at radius 3 is 2.32 bits per heavy atom. The quantitative estimate of drug-likeness (QED) is 0.676. The molecule has 19 heavy (non-hydrogen) atoms. The van der Waals surface area contributed by atoms with E-state index in [0.717, 1.165) is 4.31 Å². The van der Waals surface area contributed by atoms with E-state index in [9.17, 15) is 18.0 Å². The van der Waals surface area contributed by atoms with Gasteiger partial charge in [-0.25, -0.2) is 9.52 Å². The zero-order valence-corrected chi connectivity index (χ0v) is 12.3. The van der Waals surface area contributed by atoms with Crippen molar-refractivity contribution >= 4 is 22.3 Å². The van der Waals surface area contributed by atoms with Gasteiger partial charge in [0.1, 0.15) is 0 Å². The number of esters is 1. The lowest BCUT2D eigenvalue weighted by Crippen LogP contribution is -2.44. The summed E-state index contributed by atoms with van der Waals surface area (Å²) in [7, 11) is -2.81. The second-order valence-electron chi connectivity index (χ2n) is 3.88. The number of carbonyl (C=O) groups is 2. The van der Waals surface area contributed by atoms with Crippen molar-refractivity contribution in [1.29, 1.82) is 0 Å². The number of carbonyl (C=O) groups excluding carboxylic acids is 2. The zero-order valence-electron chi connectivity index (χ0n) is 11.5. The fourth-order valence-electron chi connectivity index (χ4n) is 1.17. The Kier molecular flexibility index (Phi) is 7.38. The predicted octanol–water partition coefficient (Wildman–Crippen LogP) is 0.251. The number of ether oxygens (including phenoxy) is 2. The van der Waals surface area contributed by atoms with E-state index in [1.54, 1.807) is 25.5 Å². The van der Waals surface area contributed by atoms with Gasteiger partial charge in [-0.15, -0.1) is 0 Å². The van der Waals surface area contributed by atoms with Crippen LogP contribution >= 0.6 is 0 Å². The van der Waals surface area contributed by atoms with Crippen LogP contribution in [0.3, 0.4) is 0 Å². The third-order valence-corrected chi connectivity index (χ3v) is 3.59. The van der Waals surface area contributed by atoms with Gasteiger partial charge in [-0.1, -0.05) is 6.92 Å². The van der Waals surface area contributed by atoms with Crippen molar-refractivity contribution in [2.24, 2.45) is 0 Å². The molecule has 0 spiro atoms. The Morgan fingerprint density at radius 2 is 1.89 bits per heavy atom. The molecule has 0 atom stereocenters. The highest BCUT2D eigenvalue weighted by atomic mass is 32.2. The minimum absolute atomic E-state index is 0.0759. The highest BCUT2D eigenvalue weighted by Gasteiger charge is 2.24. The first kappa shape index (κ1) is 17.6. The summed E-state index contributed by atoms with van der Waals surface area (Å²) >= 11 is 0. The third kappa shape index (κ3) is 6.97. The van der Waals surface area contributed by atoms with Crippen LogP contribution in [0, 0.1) is 0 Å². The number of nitrogens with one attached hydrogen (secondary N) is 1. The number of nitrogens with zero attached hydrogens (tertiary/aromatic N) is 1. The van der Waals surface area contributed by atoms with Gasteiger partial charge in [0.15, 0.2) is 0 Å². The largest absolute Gasteiger partial charge is 0.469 e. The maximum absolute atomic E-state index is 11.8. The summed E-state index contributed by atoms with van der Waals surface area (Å²) in [5.74, 6) is -0.529. The van der Waals surface area contributed by atoms with Crippen molar-refractivity contribution < 1.29 is 27.5 Å². The predicted molar refractivity (Wildman–Crippen MR) is 67.6 cm³/mol. The van der Waals surface area contributed by atoms with E-state index in [4.69, 9.17) is 0 Å². The molecule has 0 aromatic rings. The van der Waals surface area contributed by atoms with Crippen molar-refractivity contribution in [3.8, 4) is 0 Å². The molecule has 0 aliphatic heterocycles. The van der Waals surface area contributed by atoms with Gasteiger partial charge in [0.25, 0.3) is 0 Å². The zero-order chi connectivity index (χ0) is 15.1. The number of hydrogen-bond acceptors (Lipinski definition) is 6. The smallest absolute Gasteiger partial charge is 0.422 e. The lowest BCUT2D eigenvalue weighted by atomic mass is 10.4. The summed E-state index contributed by atoms with van der Waals surface area (Å²) in [6.45, 7) is 4.82. The average Bonchev–Trinajstić information content (AvgIpc) is 2.26. The van der Waals surface area contributed by atoms with Crippen molar-refractivity contribution in [3.63, 3.8) is 0 Å². The van der Waals surface area contributed by atoms with Gasteiger partial charge >= 0.3 is 22.3 Å². The topological polar surface area (TPSA) is 102 Å². The lowest BCUT2D eigenvalue weighted by molar-refractivity contribution is -0.140. The number of hydrogen-bond donors (Lipinski definition) is 1. The molecular formula is C10H20N2O6S. The van der Waals surface area contributed by atoms with Crippen LogP contribution in [-0.2, 0) is 24.5 Å². The van der Waals surface area contributed by atoms with E-state index >= 15 is 0 Å². The molecule has 0 saturated carbocycles. The molecule has 0 aliphatic carbocycles. The fraction of sp³-hybridized carbons (Fsp3) is 0.800. The van der Waals surface area contributed by atoms with Crippen molar-refractivity contribution in [1.82, 2.24) is 9.03 Å². The van der Waals surface area contributed by atoms with Gasteiger partial charge in [0.05, 0.1) is 19.6 Å². The molecule has 0 saturated heterocycles. The van der Waals surface area contributed by atoms with E-state index in [1.165, 1.54) is 7.11 Å². The van der Waals surface area contributed by atoms with Crippen molar-refractivity contribution in [2.75, 3.05) is 20.2 Å². The molecule has 1 amide bonds. The summed E-state index contributed by atoms with van der Waals surface area (Å²) in [6, 6.07) is 0. The summed E-state index contributed by atoms with van der Waals surface area (Å²) < 4.78 is 35.4. The fourth-order valence-corrected chi connectivity index (χ4v) is 2.23. The van der Waals surface area contributed by atoms with Gasteiger partial charge in [-0.2, -0.15) is 12.7 Å². The monoisotopic (exact) mass is 296 g/mol. The van der Waals surface area contributed by atoms with Gasteiger partial charge in [-0.3, -0.25) is 4.79 Å². The Labute approximate surface area is 113 Å². The van der Waals surface area contributed by atoms with Gasteiger partial charge in [0.2, 0.25) is 0 Å². The van der Waals surface area contributed by atoms with E-state index in [0.29, 0.717) is 0 Å². The molecule has 0 aromatic heterocycles. The summed E-state index contributed by atoms with van der Waals surface area (Å²) in [5.41, 5.74) is 0. The molecule has 0 radical (unpaired) electrons. The second kappa shape index (κ2) is 7.95. The van der Waals surface area contributed by atoms with E-state index in [-0.39, 0.29) is 19.5 Å². The first-order valence-electron chi connectivity index (χ1n) is 5.78. The van der Waals surface area contributed by atoms with Crippen LogP contribution in [0.5, 0.6) is 0 Å². The van der Waals surface area contributed by atoms with Crippen LogP contribution in [-0.4, -0.2) is 51.1 Å².